The third-order valence-corrected chi connectivity index (χ3v) is 7.00. The highest BCUT2D eigenvalue weighted by Gasteiger charge is 2.26. The number of hydrogen-bond donors (Lipinski definition) is 2. The summed E-state index contributed by atoms with van der Waals surface area (Å²) in [5.74, 6) is 0. The molecule has 4 aromatic rings. The fraction of sp³-hybridized carbons (Fsp3) is 0.296. The standard InChI is InChI=1S/C27H28N4/c1-18-15-29-27-24(18)14-20(16-30-27)19-12-21-17-31(22-6-3-2-4-7-22)11-9-23(21)25(13-19)26-8-5-10-28-26/h2-4,6-7,12-16,26,28H,5,8-11,17H2,1H3,(H,29,30)/t26-/m0/s1. The molecule has 156 valence electrons. The van der Waals surface area contributed by atoms with Crippen LogP contribution in [0.4, 0.5) is 5.69 Å². The molecule has 2 aliphatic rings. The van der Waals surface area contributed by atoms with Crippen LogP contribution in [0.25, 0.3) is 22.2 Å². The van der Waals surface area contributed by atoms with Crippen LogP contribution in [-0.4, -0.2) is 23.1 Å². The van der Waals surface area contributed by atoms with Crippen molar-refractivity contribution in [1.82, 2.24) is 15.3 Å². The molecule has 4 heteroatoms. The van der Waals surface area contributed by atoms with Crippen molar-refractivity contribution in [3.05, 3.63) is 83.2 Å². The lowest BCUT2D eigenvalue weighted by atomic mass is 9.86. The van der Waals surface area contributed by atoms with Crippen molar-refractivity contribution in [2.75, 3.05) is 18.0 Å². The lowest BCUT2D eigenvalue weighted by molar-refractivity contribution is 0.627. The Kier molecular flexibility index (Phi) is 4.53. The van der Waals surface area contributed by atoms with Crippen molar-refractivity contribution >= 4 is 16.7 Å². The van der Waals surface area contributed by atoms with Crippen LogP contribution in [0.15, 0.2) is 60.9 Å². The molecular weight excluding hydrogens is 380 g/mol. The van der Waals surface area contributed by atoms with Crippen LogP contribution in [0.5, 0.6) is 0 Å². The maximum absolute atomic E-state index is 4.70. The van der Waals surface area contributed by atoms with Gasteiger partial charge in [-0.2, -0.15) is 0 Å². The topological polar surface area (TPSA) is 44.0 Å². The largest absolute Gasteiger partial charge is 0.367 e. The number of nitrogens with zero attached hydrogens (tertiary/aromatic N) is 2. The summed E-state index contributed by atoms with van der Waals surface area (Å²) in [6.45, 7) is 5.30. The fourth-order valence-electron chi connectivity index (χ4n) is 5.31. The molecule has 4 nitrogen and oxygen atoms in total. The second-order valence-corrected chi connectivity index (χ2v) is 8.95. The highest BCUT2D eigenvalue weighted by atomic mass is 15.1. The number of rotatable bonds is 3. The van der Waals surface area contributed by atoms with E-state index in [1.165, 1.54) is 51.7 Å². The summed E-state index contributed by atoms with van der Waals surface area (Å²) < 4.78 is 0. The quantitative estimate of drug-likeness (QED) is 0.469. The Morgan fingerprint density at radius 1 is 1.06 bits per heavy atom. The smallest absolute Gasteiger partial charge is 0.137 e. The first-order valence-electron chi connectivity index (χ1n) is 11.4. The molecule has 0 radical (unpaired) electrons. The van der Waals surface area contributed by atoms with Gasteiger partial charge in [0.25, 0.3) is 0 Å². The molecule has 1 atom stereocenters. The molecule has 2 aromatic carbocycles. The number of H-pyrrole nitrogens is 1. The predicted molar refractivity (Wildman–Crippen MR) is 127 cm³/mol. The average Bonchev–Trinajstić information content (AvgIpc) is 3.49. The zero-order valence-electron chi connectivity index (χ0n) is 18.0. The van der Waals surface area contributed by atoms with Gasteiger partial charge in [0.1, 0.15) is 5.65 Å². The molecule has 1 fully saturated rings. The predicted octanol–water partition coefficient (Wildman–Crippen LogP) is 5.53. The summed E-state index contributed by atoms with van der Waals surface area (Å²) in [6.07, 6.45) is 7.65. The van der Waals surface area contributed by atoms with Gasteiger partial charge in [-0.25, -0.2) is 4.98 Å². The minimum atomic E-state index is 0.475. The van der Waals surface area contributed by atoms with E-state index >= 15 is 0 Å². The van der Waals surface area contributed by atoms with Gasteiger partial charge < -0.3 is 15.2 Å². The molecule has 6 rings (SSSR count). The average molecular weight is 409 g/mol. The minimum Gasteiger partial charge on any atom is -0.367 e. The van der Waals surface area contributed by atoms with Gasteiger partial charge in [-0.1, -0.05) is 18.2 Å². The minimum absolute atomic E-state index is 0.475. The summed E-state index contributed by atoms with van der Waals surface area (Å²) in [4.78, 5) is 10.5. The maximum Gasteiger partial charge on any atom is 0.137 e. The Morgan fingerprint density at radius 2 is 1.97 bits per heavy atom. The number of hydrogen-bond acceptors (Lipinski definition) is 3. The first kappa shape index (κ1) is 18.6. The van der Waals surface area contributed by atoms with E-state index in [0.29, 0.717) is 6.04 Å². The molecule has 2 aliphatic heterocycles. The van der Waals surface area contributed by atoms with Crippen molar-refractivity contribution in [3.8, 4) is 11.1 Å². The Hall–Kier alpha value is -3.11. The van der Waals surface area contributed by atoms with Gasteiger partial charge in [0, 0.05) is 48.2 Å². The van der Waals surface area contributed by atoms with Crippen molar-refractivity contribution in [2.24, 2.45) is 0 Å². The number of aromatic amines is 1. The number of fused-ring (bicyclic) bond motifs is 2. The third-order valence-electron chi connectivity index (χ3n) is 7.00. The number of anilines is 1. The summed E-state index contributed by atoms with van der Waals surface area (Å²) in [7, 11) is 0. The van der Waals surface area contributed by atoms with E-state index in [4.69, 9.17) is 4.98 Å². The number of pyridine rings is 1. The molecule has 0 amide bonds. The van der Waals surface area contributed by atoms with Crippen LogP contribution in [0.2, 0.25) is 0 Å². The second-order valence-electron chi connectivity index (χ2n) is 8.95. The van der Waals surface area contributed by atoms with Gasteiger partial charge in [-0.3, -0.25) is 0 Å². The Labute approximate surface area is 183 Å². The van der Waals surface area contributed by atoms with E-state index < -0.39 is 0 Å². The van der Waals surface area contributed by atoms with Crippen LogP contribution < -0.4 is 10.2 Å². The van der Waals surface area contributed by atoms with Crippen LogP contribution >= 0.6 is 0 Å². The number of para-hydroxylation sites is 1. The fourth-order valence-corrected chi connectivity index (χ4v) is 5.31. The van der Waals surface area contributed by atoms with E-state index in [2.05, 4.69) is 70.7 Å². The number of benzene rings is 2. The van der Waals surface area contributed by atoms with Gasteiger partial charge in [0.05, 0.1) is 0 Å². The van der Waals surface area contributed by atoms with Crippen molar-refractivity contribution in [2.45, 2.75) is 38.8 Å². The van der Waals surface area contributed by atoms with Crippen LogP contribution in [0.3, 0.4) is 0 Å². The lowest BCUT2D eigenvalue weighted by Gasteiger charge is -2.33. The van der Waals surface area contributed by atoms with E-state index in [-0.39, 0.29) is 0 Å². The second kappa shape index (κ2) is 7.54. The van der Waals surface area contributed by atoms with E-state index in [1.54, 1.807) is 5.56 Å². The number of aromatic nitrogens is 2. The van der Waals surface area contributed by atoms with Crippen LogP contribution in [-0.2, 0) is 13.0 Å². The Balaban J connectivity index is 1.46. The third kappa shape index (κ3) is 3.31. The van der Waals surface area contributed by atoms with Crippen molar-refractivity contribution in [1.29, 1.82) is 0 Å². The zero-order chi connectivity index (χ0) is 20.8. The van der Waals surface area contributed by atoms with Gasteiger partial charge in [0.15, 0.2) is 0 Å². The molecule has 2 aromatic heterocycles. The maximum atomic E-state index is 4.70. The molecule has 0 saturated carbocycles. The normalized spacial score (nSPS) is 18.5. The van der Waals surface area contributed by atoms with Crippen molar-refractivity contribution < 1.29 is 0 Å². The van der Waals surface area contributed by atoms with E-state index in [1.807, 2.05) is 12.4 Å². The van der Waals surface area contributed by atoms with Gasteiger partial charge in [0.2, 0.25) is 0 Å². The van der Waals surface area contributed by atoms with Crippen molar-refractivity contribution in [3.63, 3.8) is 0 Å². The highest BCUT2D eigenvalue weighted by Crippen LogP contribution is 2.37. The highest BCUT2D eigenvalue weighted by molar-refractivity contribution is 5.84. The Bertz CT molecular complexity index is 1240. The molecule has 4 heterocycles. The summed E-state index contributed by atoms with van der Waals surface area (Å²) in [5, 5.41) is 4.95. The molecule has 2 N–H and O–H groups in total. The molecule has 0 unspecified atom stereocenters. The number of aryl methyl sites for hydroxylation is 1. The molecule has 0 spiro atoms. The van der Waals surface area contributed by atoms with Crippen LogP contribution in [0.1, 0.15) is 41.1 Å². The first-order valence-corrected chi connectivity index (χ1v) is 11.4. The zero-order valence-corrected chi connectivity index (χ0v) is 18.0. The van der Waals surface area contributed by atoms with Gasteiger partial charge in [-0.15, -0.1) is 0 Å². The summed E-state index contributed by atoms with van der Waals surface area (Å²) in [5.41, 5.74) is 10.5. The number of nitrogens with one attached hydrogen (secondary N) is 2. The molecule has 0 aliphatic carbocycles. The van der Waals surface area contributed by atoms with Gasteiger partial charge in [-0.05, 0) is 90.9 Å². The summed E-state index contributed by atoms with van der Waals surface area (Å²) >= 11 is 0. The molecule has 1 saturated heterocycles. The van der Waals surface area contributed by atoms with Gasteiger partial charge >= 0.3 is 0 Å². The molecular formula is C27H28N4. The summed E-state index contributed by atoms with van der Waals surface area (Å²) in [6, 6.07) is 18.4. The lowest BCUT2D eigenvalue weighted by Crippen LogP contribution is -2.31. The van der Waals surface area contributed by atoms with Crippen LogP contribution in [0, 0.1) is 6.92 Å². The SMILES string of the molecule is Cc1c[nH]c2ncc(-c3cc4c(c([C@@H]5CCCN5)c3)CCN(c3ccccc3)C4)cc12. The first-order chi connectivity index (χ1) is 15.3. The van der Waals surface area contributed by atoms with E-state index in [9.17, 15) is 0 Å². The molecule has 0 bridgehead atoms. The van der Waals surface area contributed by atoms with E-state index in [0.717, 1.165) is 31.7 Å². The Morgan fingerprint density at radius 3 is 2.81 bits per heavy atom. The molecule has 31 heavy (non-hydrogen) atoms. The monoisotopic (exact) mass is 408 g/mol.